The summed E-state index contributed by atoms with van der Waals surface area (Å²) < 4.78 is 2.43. The normalized spacial score (nSPS) is 11.2. The van der Waals surface area contributed by atoms with Gasteiger partial charge in [0, 0.05) is 67.2 Å². The first-order valence-electron chi connectivity index (χ1n) is 15.6. The van der Waals surface area contributed by atoms with Crippen LogP contribution in [0.2, 0.25) is 0 Å². The van der Waals surface area contributed by atoms with Gasteiger partial charge in [0.25, 0.3) is 0 Å². The number of thiophene rings is 1. The van der Waals surface area contributed by atoms with E-state index in [9.17, 15) is 5.26 Å². The zero-order valence-corrected chi connectivity index (χ0v) is 26.6. The lowest BCUT2D eigenvalue weighted by Crippen LogP contribution is -1.96. The molecule has 9 aromatic rings. The highest BCUT2D eigenvalue weighted by Crippen LogP contribution is 2.47. The average Bonchev–Trinajstić information content (AvgIpc) is 3.53. The lowest BCUT2D eigenvalue weighted by Gasteiger charge is -2.18. The Balaban J connectivity index is 1.38. The Bertz CT molecular complexity index is 2880. The molecule has 0 saturated carbocycles. The lowest BCUT2D eigenvalue weighted by molar-refractivity contribution is 1.27. The van der Waals surface area contributed by atoms with E-state index >= 15 is 0 Å². The van der Waals surface area contributed by atoms with Crippen molar-refractivity contribution < 1.29 is 0 Å². The van der Waals surface area contributed by atoms with Crippen molar-refractivity contribution in [3.8, 4) is 51.1 Å². The Morgan fingerprint density at radius 3 is 1.80 bits per heavy atom. The summed E-state index contributed by atoms with van der Waals surface area (Å²) in [7, 11) is 0. The Morgan fingerprint density at radius 1 is 0.531 bits per heavy atom. The van der Waals surface area contributed by atoms with Gasteiger partial charge in [0.1, 0.15) is 6.07 Å². The Morgan fingerprint density at radius 2 is 1.12 bits per heavy atom. The van der Waals surface area contributed by atoms with E-state index in [1.54, 1.807) is 36.1 Å². The molecule has 0 atom stereocenters. The fraction of sp³-hybridized carbons (Fsp3) is 0. The number of hydrogen-bond donors (Lipinski definition) is 0. The van der Waals surface area contributed by atoms with Crippen LogP contribution < -0.4 is 0 Å². The molecule has 0 fully saturated rings. The molecule has 0 saturated heterocycles. The van der Waals surface area contributed by atoms with Crippen LogP contribution in [-0.2, 0) is 0 Å². The Kier molecular flexibility index (Phi) is 6.65. The van der Waals surface area contributed by atoms with Gasteiger partial charge in [-0.2, -0.15) is 5.26 Å². The fourth-order valence-electron chi connectivity index (χ4n) is 6.69. The van der Waals surface area contributed by atoms with Gasteiger partial charge in [-0.1, -0.05) is 54.6 Å². The van der Waals surface area contributed by atoms with E-state index in [0.29, 0.717) is 11.3 Å². The van der Waals surface area contributed by atoms with Crippen molar-refractivity contribution in [2.75, 3.05) is 0 Å². The number of nitriles is 1. The molecule has 5 aromatic heterocycles. The zero-order valence-electron chi connectivity index (χ0n) is 25.8. The summed E-state index contributed by atoms with van der Waals surface area (Å²) in [6.07, 6.45) is 6.62. The van der Waals surface area contributed by atoms with Crippen LogP contribution in [0, 0.1) is 17.9 Å². The Hall–Kier alpha value is -6.80. The van der Waals surface area contributed by atoms with Gasteiger partial charge in [-0.3, -0.25) is 9.97 Å². The predicted molar refractivity (Wildman–Crippen MR) is 198 cm³/mol. The molecule has 226 valence electrons. The minimum Gasteiger partial charge on any atom is -0.276 e. The maximum Gasteiger partial charge on any atom is 0.205 e. The minimum absolute atomic E-state index is 0.474. The molecule has 4 aromatic carbocycles. The number of benzene rings is 4. The summed E-state index contributed by atoms with van der Waals surface area (Å²) in [4.78, 5) is 22.6. The Labute approximate surface area is 285 Å². The van der Waals surface area contributed by atoms with E-state index in [1.807, 2.05) is 36.4 Å². The number of rotatable bonds is 4. The number of nitrogens with zero attached hydrogens (tertiary/aromatic N) is 6. The highest BCUT2D eigenvalue weighted by atomic mass is 32.1. The SMILES string of the molecule is [C-]#[N+]c1cncc(-c2cccc(-c3c4ccccc4c(-c4cccc(-c5cncc(C#N)c5)n4)c4cc5sc6ccccc6c5cc34)n2)c1. The van der Waals surface area contributed by atoms with E-state index in [1.165, 1.54) is 20.2 Å². The van der Waals surface area contributed by atoms with E-state index < -0.39 is 0 Å². The monoisotopic (exact) mass is 642 g/mol. The summed E-state index contributed by atoms with van der Waals surface area (Å²) >= 11 is 1.79. The van der Waals surface area contributed by atoms with Crippen molar-refractivity contribution in [2.24, 2.45) is 0 Å². The van der Waals surface area contributed by atoms with E-state index in [2.05, 4.69) is 93.7 Å². The third-order valence-electron chi connectivity index (χ3n) is 8.84. The molecule has 49 heavy (non-hydrogen) atoms. The van der Waals surface area contributed by atoms with E-state index in [-0.39, 0.29) is 0 Å². The van der Waals surface area contributed by atoms with Crippen LogP contribution in [0.3, 0.4) is 0 Å². The number of aromatic nitrogens is 4. The van der Waals surface area contributed by atoms with E-state index in [4.69, 9.17) is 16.5 Å². The van der Waals surface area contributed by atoms with Crippen LogP contribution in [0.15, 0.2) is 134 Å². The molecule has 9 rings (SSSR count). The molecule has 0 unspecified atom stereocenters. The van der Waals surface area contributed by atoms with Crippen molar-refractivity contribution in [3.05, 3.63) is 151 Å². The van der Waals surface area contributed by atoms with Gasteiger partial charge in [0.2, 0.25) is 5.69 Å². The second kappa shape index (κ2) is 11.5. The van der Waals surface area contributed by atoms with Crippen LogP contribution >= 0.6 is 11.3 Å². The molecule has 0 aliphatic heterocycles. The molecule has 0 bridgehead atoms. The number of hydrogen-bond acceptors (Lipinski definition) is 6. The molecule has 0 aliphatic rings. The smallest absolute Gasteiger partial charge is 0.205 e. The predicted octanol–water partition coefficient (Wildman–Crippen LogP) is 11.0. The van der Waals surface area contributed by atoms with Crippen LogP contribution in [0.1, 0.15) is 5.56 Å². The van der Waals surface area contributed by atoms with Gasteiger partial charge in [0.05, 0.1) is 34.9 Å². The molecule has 6 nitrogen and oxygen atoms in total. The van der Waals surface area contributed by atoms with Crippen LogP contribution in [0.4, 0.5) is 5.69 Å². The maximum atomic E-state index is 9.51. The summed E-state index contributed by atoms with van der Waals surface area (Å²) in [5.41, 5.74) is 7.77. The van der Waals surface area contributed by atoms with Gasteiger partial charge >= 0.3 is 0 Å². The quantitative estimate of drug-likeness (QED) is 0.141. The average molecular weight is 643 g/mol. The van der Waals surface area contributed by atoms with Crippen LogP contribution in [0.5, 0.6) is 0 Å². The molecule has 0 spiro atoms. The highest BCUT2D eigenvalue weighted by Gasteiger charge is 2.21. The standard InChI is InChI=1S/C42H22N6S/c1-44-28-17-27(23-46-24-28)36-12-7-13-37(48-36)41-30-9-2-3-10-31(30)42(38-14-6-11-35(47-38)26-16-25(20-43)21-45-22-26)34-19-40-32(18-33(34)41)29-8-4-5-15-39(29)49-40/h2-19,21-24H. The first-order valence-corrected chi connectivity index (χ1v) is 16.4. The summed E-state index contributed by atoms with van der Waals surface area (Å²) in [5.74, 6) is 0. The molecular weight excluding hydrogens is 621 g/mol. The van der Waals surface area contributed by atoms with Crippen molar-refractivity contribution in [2.45, 2.75) is 0 Å². The molecule has 0 N–H and O–H groups in total. The van der Waals surface area contributed by atoms with Crippen molar-refractivity contribution in [1.29, 1.82) is 5.26 Å². The number of pyridine rings is 4. The van der Waals surface area contributed by atoms with Gasteiger partial charge in [-0.15, -0.1) is 11.3 Å². The van der Waals surface area contributed by atoms with Crippen molar-refractivity contribution >= 4 is 58.7 Å². The highest BCUT2D eigenvalue weighted by molar-refractivity contribution is 7.25. The first kappa shape index (κ1) is 28.4. The molecule has 0 amide bonds. The third kappa shape index (κ3) is 4.77. The topological polar surface area (TPSA) is 79.7 Å². The van der Waals surface area contributed by atoms with Gasteiger partial charge in [0.15, 0.2) is 0 Å². The maximum absolute atomic E-state index is 9.51. The summed E-state index contributed by atoms with van der Waals surface area (Å²) in [5, 5.41) is 16.2. The third-order valence-corrected chi connectivity index (χ3v) is 9.98. The summed E-state index contributed by atoms with van der Waals surface area (Å²) in [6, 6.07) is 39.5. The largest absolute Gasteiger partial charge is 0.276 e. The van der Waals surface area contributed by atoms with Crippen LogP contribution in [0.25, 0.3) is 91.6 Å². The van der Waals surface area contributed by atoms with Crippen LogP contribution in [-0.4, -0.2) is 19.9 Å². The fourth-order valence-corrected chi connectivity index (χ4v) is 7.81. The molecule has 7 heteroatoms. The first-order chi connectivity index (χ1) is 24.2. The van der Waals surface area contributed by atoms with Gasteiger partial charge < -0.3 is 0 Å². The lowest BCUT2D eigenvalue weighted by atomic mass is 9.87. The molecule has 0 aliphatic carbocycles. The zero-order chi connectivity index (χ0) is 32.9. The van der Waals surface area contributed by atoms with E-state index in [0.717, 1.165) is 66.6 Å². The molecule has 0 radical (unpaired) electrons. The van der Waals surface area contributed by atoms with Crippen molar-refractivity contribution in [1.82, 2.24) is 19.9 Å². The summed E-state index contributed by atoms with van der Waals surface area (Å²) in [6.45, 7) is 7.49. The second-order valence-electron chi connectivity index (χ2n) is 11.7. The molecule has 5 heterocycles. The van der Waals surface area contributed by atoms with Crippen molar-refractivity contribution in [3.63, 3.8) is 0 Å². The molecular formula is C42H22N6S. The van der Waals surface area contributed by atoms with Gasteiger partial charge in [-0.05, 0) is 76.1 Å². The van der Waals surface area contributed by atoms with Gasteiger partial charge in [-0.25, -0.2) is 14.8 Å². The number of fused-ring (bicyclic) bond motifs is 5. The minimum atomic E-state index is 0.474. The second-order valence-corrected chi connectivity index (χ2v) is 12.8.